The minimum absolute atomic E-state index is 0.910. The molecule has 0 bridgehead atoms. The summed E-state index contributed by atoms with van der Waals surface area (Å²) in [6.45, 7) is 0. The maximum absolute atomic E-state index is 5.17. The fourth-order valence-electron chi connectivity index (χ4n) is 1.68. The second-order valence-corrected chi connectivity index (χ2v) is 3.69. The van der Waals surface area contributed by atoms with Crippen LogP contribution >= 0.6 is 0 Å². The molecule has 0 aliphatic heterocycles. The van der Waals surface area contributed by atoms with E-state index in [-0.39, 0.29) is 0 Å². The molecule has 3 nitrogen and oxygen atoms in total. The standard InChI is InChI=1S/C14H10N2O/c1-2-12-9-17-10-13(12)14(3-1)16-8-11-4-6-15-7-5-11/h1-10H. The van der Waals surface area contributed by atoms with Crippen LogP contribution in [0.25, 0.3) is 10.8 Å². The molecule has 0 aliphatic carbocycles. The van der Waals surface area contributed by atoms with Crippen molar-refractivity contribution in [2.24, 2.45) is 4.99 Å². The van der Waals surface area contributed by atoms with Crippen LogP contribution < -0.4 is 0 Å². The lowest BCUT2D eigenvalue weighted by molar-refractivity contribution is 0.572. The van der Waals surface area contributed by atoms with Crippen LogP contribution in [-0.4, -0.2) is 11.2 Å². The van der Waals surface area contributed by atoms with Gasteiger partial charge in [-0.15, -0.1) is 0 Å². The number of pyridine rings is 1. The Morgan fingerprint density at radius 2 is 1.94 bits per heavy atom. The molecule has 0 atom stereocenters. The Hall–Kier alpha value is -2.42. The largest absolute Gasteiger partial charge is 0.471 e. The molecule has 0 N–H and O–H groups in total. The molecule has 0 amide bonds. The van der Waals surface area contributed by atoms with E-state index in [0.717, 1.165) is 22.0 Å². The Labute approximate surface area is 98.4 Å². The van der Waals surface area contributed by atoms with Gasteiger partial charge in [-0.05, 0) is 23.8 Å². The van der Waals surface area contributed by atoms with Gasteiger partial charge >= 0.3 is 0 Å². The molecule has 3 rings (SSSR count). The number of aromatic nitrogens is 1. The van der Waals surface area contributed by atoms with E-state index in [1.54, 1.807) is 24.9 Å². The Balaban J connectivity index is 2.00. The van der Waals surface area contributed by atoms with E-state index in [4.69, 9.17) is 4.42 Å². The first-order valence-corrected chi connectivity index (χ1v) is 5.32. The first-order valence-electron chi connectivity index (χ1n) is 5.32. The Bertz CT molecular complexity index is 656. The van der Waals surface area contributed by atoms with Gasteiger partial charge < -0.3 is 4.42 Å². The van der Waals surface area contributed by atoms with E-state index in [9.17, 15) is 0 Å². The van der Waals surface area contributed by atoms with Gasteiger partial charge in [0.1, 0.15) is 6.26 Å². The van der Waals surface area contributed by atoms with E-state index in [1.807, 2.05) is 36.5 Å². The van der Waals surface area contributed by atoms with Crippen LogP contribution in [0.5, 0.6) is 0 Å². The van der Waals surface area contributed by atoms with Crippen molar-refractivity contribution >= 4 is 22.7 Å². The molecule has 0 saturated carbocycles. The molecular formula is C14H10N2O. The number of furan rings is 1. The molecule has 0 aliphatic rings. The van der Waals surface area contributed by atoms with Crippen molar-refractivity contribution in [1.29, 1.82) is 0 Å². The predicted octanol–water partition coefficient (Wildman–Crippen LogP) is 3.58. The van der Waals surface area contributed by atoms with Gasteiger partial charge in [-0.25, -0.2) is 0 Å². The fraction of sp³-hybridized carbons (Fsp3) is 0. The van der Waals surface area contributed by atoms with Gasteiger partial charge in [0.05, 0.1) is 12.0 Å². The maximum atomic E-state index is 5.17. The first kappa shape index (κ1) is 9.78. The average Bonchev–Trinajstić information content (AvgIpc) is 2.86. The van der Waals surface area contributed by atoms with Gasteiger partial charge in [-0.3, -0.25) is 9.98 Å². The maximum Gasteiger partial charge on any atom is 0.100 e. The number of hydrogen-bond acceptors (Lipinski definition) is 3. The monoisotopic (exact) mass is 222 g/mol. The zero-order valence-electron chi connectivity index (χ0n) is 9.08. The second kappa shape index (κ2) is 4.22. The fourth-order valence-corrected chi connectivity index (χ4v) is 1.68. The highest BCUT2D eigenvalue weighted by atomic mass is 16.3. The van der Waals surface area contributed by atoms with Crippen LogP contribution in [-0.2, 0) is 0 Å². The van der Waals surface area contributed by atoms with Gasteiger partial charge in [-0.2, -0.15) is 0 Å². The number of rotatable bonds is 2. The SMILES string of the molecule is C(=Nc1cccc2cocc12)c1ccncc1. The summed E-state index contributed by atoms with van der Waals surface area (Å²) in [6, 6.07) is 9.77. The number of nitrogens with zero attached hydrogens (tertiary/aromatic N) is 2. The van der Waals surface area contributed by atoms with Crippen molar-refractivity contribution in [2.75, 3.05) is 0 Å². The number of hydrogen-bond donors (Lipinski definition) is 0. The Morgan fingerprint density at radius 3 is 2.82 bits per heavy atom. The molecule has 0 fully saturated rings. The molecule has 3 aromatic rings. The lowest BCUT2D eigenvalue weighted by atomic mass is 10.2. The molecule has 2 heterocycles. The normalized spacial score (nSPS) is 11.3. The predicted molar refractivity (Wildman–Crippen MR) is 67.7 cm³/mol. The quantitative estimate of drug-likeness (QED) is 0.621. The third-order valence-corrected chi connectivity index (χ3v) is 2.56. The third kappa shape index (κ3) is 1.95. The lowest BCUT2D eigenvalue weighted by Gasteiger charge is -1.95. The third-order valence-electron chi connectivity index (χ3n) is 2.56. The van der Waals surface area contributed by atoms with Crippen LogP contribution in [0.2, 0.25) is 0 Å². The van der Waals surface area contributed by atoms with Crippen LogP contribution in [0.1, 0.15) is 5.56 Å². The van der Waals surface area contributed by atoms with E-state index < -0.39 is 0 Å². The minimum Gasteiger partial charge on any atom is -0.471 e. The molecule has 2 aromatic heterocycles. The second-order valence-electron chi connectivity index (χ2n) is 3.69. The van der Waals surface area contributed by atoms with Crippen molar-refractivity contribution in [1.82, 2.24) is 4.98 Å². The summed E-state index contributed by atoms with van der Waals surface area (Å²) in [5.74, 6) is 0. The summed E-state index contributed by atoms with van der Waals surface area (Å²) in [5, 5.41) is 2.09. The van der Waals surface area contributed by atoms with E-state index in [0.29, 0.717) is 0 Å². The van der Waals surface area contributed by atoms with Crippen molar-refractivity contribution < 1.29 is 4.42 Å². The van der Waals surface area contributed by atoms with Crippen molar-refractivity contribution in [3.63, 3.8) is 0 Å². The number of aliphatic imine (C=N–C) groups is 1. The van der Waals surface area contributed by atoms with Crippen LogP contribution in [0.15, 0.2) is 64.7 Å². The zero-order valence-corrected chi connectivity index (χ0v) is 9.08. The molecule has 17 heavy (non-hydrogen) atoms. The number of benzene rings is 1. The van der Waals surface area contributed by atoms with E-state index >= 15 is 0 Å². The minimum atomic E-state index is 0.910. The first-order chi connectivity index (χ1) is 8.43. The molecular weight excluding hydrogens is 212 g/mol. The Morgan fingerprint density at radius 1 is 1.06 bits per heavy atom. The smallest absolute Gasteiger partial charge is 0.100 e. The molecule has 0 radical (unpaired) electrons. The summed E-state index contributed by atoms with van der Waals surface area (Å²) in [5.41, 5.74) is 1.94. The Kier molecular flexibility index (Phi) is 2.43. The lowest BCUT2D eigenvalue weighted by Crippen LogP contribution is -1.80. The molecule has 82 valence electrons. The number of fused-ring (bicyclic) bond motifs is 1. The van der Waals surface area contributed by atoms with Crippen LogP contribution in [0.4, 0.5) is 5.69 Å². The van der Waals surface area contributed by atoms with Gasteiger partial charge in [0.15, 0.2) is 0 Å². The van der Waals surface area contributed by atoms with Gasteiger partial charge in [0.2, 0.25) is 0 Å². The molecule has 3 heteroatoms. The van der Waals surface area contributed by atoms with Crippen LogP contribution in [0, 0.1) is 0 Å². The average molecular weight is 222 g/mol. The molecule has 1 aromatic carbocycles. The topological polar surface area (TPSA) is 38.4 Å². The van der Waals surface area contributed by atoms with E-state index in [1.165, 1.54) is 0 Å². The van der Waals surface area contributed by atoms with Gasteiger partial charge in [0.25, 0.3) is 0 Å². The molecule has 0 unspecified atom stereocenters. The highest BCUT2D eigenvalue weighted by molar-refractivity contribution is 5.94. The highest BCUT2D eigenvalue weighted by Gasteiger charge is 2.00. The summed E-state index contributed by atoms with van der Waals surface area (Å²) in [6.07, 6.45) is 8.76. The van der Waals surface area contributed by atoms with E-state index in [2.05, 4.69) is 9.98 Å². The molecule has 0 spiro atoms. The summed E-state index contributed by atoms with van der Waals surface area (Å²) < 4.78 is 5.17. The van der Waals surface area contributed by atoms with Crippen LogP contribution in [0.3, 0.4) is 0 Å². The van der Waals surface area contributed by atoms with Gasteiger partial charge in [0, 0.05) is 29.4 Å². The highest BCUT2D eigenvalue weighted by Crippen LogP contribution is 2.26. The van der Waals surface area contributed by atoms with Crippen molar-refractivity contribution in [3.8, 4) is 0 Å². The summed E-state index contributed by atoms with van der Waals surface area (Å²) in [4.78, 5) is 8.43. The van der Waals surface area contributed by atoms with Crippen molar-refractivity contribution in [2.45, 2.75) is 0 Å². The van der Waals surface area contributed by atoms with Gasteiger partial charge in [-0.1, -0.05) is 12.1 Å². The van der Waals surface area contributed by atoms with Crippen molar-refractivity contribution in [3.05, 3.63) is 60.8 Å². The summed E-state index contributed by atoms with van der Waals surface area (Å²) in [7, 11) is 0. The zero-order chi connectivity index (χ0) is 11.5. The molecule has 0 saturated heterocycles. The summed E-state index contributed by atoms with van der Waals surface area (Å²) >= 11 is 0.